The van der Waals surface area contributed by atoms with Gasteiger partial charge in [0.2, 0.25) is 0 Å². The molecule has 0 N–H and O–H groups in total. The maximum absolute atomic E-state index is 6.59. The third-order valence-electron chi connectivity index (χ3n) is 25.8. The van der Waals surface area contributed by atoms with Crippen molar-refractivity contribution >= 4 is 142 Å². The van der Waals surface area contributed by atoms with Gasteiger partial charge in [0.15, 0.2) is 52.4 Å². The molecule has 0 atom stereocenters. The number of hydrogen-bond donors (Lipinski definition) is 0. The Morgan fingerprint density at radius 3 is 0.765 bits per heavy atom. The molecule has 28 aromatic rings. The van der Waals surface area contributed by atoms with Crippen molar-refractivity contribution in [2.75, 3.05) is 0 Å². The van der Waals surface area contributed by atoms with E-state index in [9.17, 15) is 0 Å². The highest BCUT2D eigenvalue weighted by atomic mass is 16.3. The van der Waals surface area contributed by atoms with Crippen LogP contribution in [0.2, 0.25) is 0 Å². The largest absolute Gasteiger partial charge is 0.456 e. The molecule has 136 heavy (non-hydrogen) atoms. The van der Waals surface area contributed by atoms with Crippen LogP contribution in [0.25, 0.3) is 262 Å². The first-order valence-corrected chi connectivity index (χ1v) is 45.3. The third-order valence-corrected chi connectivity index (χ3v) is 25.8. The minimum Gasteiger partial charge on any atom is -0.456 e. The molecule has 0 radical (unpaired) electrons. The monoisotopic (exact) mass is 1740 g/mol. The van der Waals surface area contributed by atoms with Crippen molar-refractivity contribution in [3.05, 3.63) is 449 Å². The average molecular weight is 1740 g/mol. The second-order valence-corrected chi connectivity index (χ2v) is 33.7. The second kappa shape index (κ2) is 32.7. The number of aromatic nitrogens is 12. The molecule has 0 spiro atoms. The van der Waals surface area contributed by atoms with Gasteiger partial charge in [-0.1, -0.05) is 328 Å². The molecule has 0 saturated carbocycles. The van der Waals surface area contributed by atoms with Crippen LogP contribution < -0.4 is 0 Å². The molecule has 0 aliphatic heterocycles. The molecule has 9 aromatic heterocycles. The first-order chi connectivity index (χ1) is 67.4. The van der Waals surface area contributed by atoms with Gasteiger partial charge in [0.05, 0.1) is 54.9 Å². The molecule has 0 amide bonds. The van der Waals surface area contributed by atoms with Gasteiger partial charge in [-0.25, -0.2) is 44.9 Å². The quantitative estimate of drug-likeness (QED) is 0.114. The second-order valence-electron chi connectivity index (χ2n) is 33.7. The van der Waals surface area contributed by atoms with Crippen molar-refractivity contribution < 1.29 is 13.3 Å². The van der Waals surface area contributed by atoms with Gasteiger partial charge in [0.1, 0.15) is 33.5 Å². The Hall–Kier alpha value is -18.7. The SMILES string of the molecule is c1ccc(-c2nc(-c3ccccc3)nc(-c3ccc(-n4c5cccc6oc7ccccc7c7cccc4c7c65)c4ccccc34)n2)cc1.c1ccc(-c2nc(-c3ccccc3)nc(-c3ccc(-n4c5cccc6oc7ccccc7c7cccc4c7c65)cc3)n2)cc1.c1ccc(-c2nc(-c3ccccc3)nc(-c3cccc(-n4c5cccc6oc7ccccc7c7cccc4c7c65)c3)n2)cc1. The maximum Gasteiger partial charge on any atom is 0.164 e. The summed E-state index contributed by atoms with van der Waals surface area (Å²) in [5, 5.41) is 15.9. The zero-order valence-corrected chi connectivity index (χ0v) is 72.8. The molecule has 19 aromatic carbocycles. The van der Waals surface area contributed by atoms with Gasteiger partial charge in [0, 0.05) is 99.1 Å². The number of hydrogen-bond acceptors (Lipinski definition) is 12. The van der Waals surface area contributed by atoms with Crippen LogP contribution in [0.5, 0.6) is 0 Å². The summed E-state index contributed by atoms with van der Waals surface area (Å²) in [5.41, 5.74) is 23.5. The fourth-order valence-corrected chi connectivity index (χ4v) is 19.7. The molecule has 0 bridgehead atoms. The Morgan fingerprint density at radius 2 is 0.397 bits per heavy atom. The molecular weight excluding hydrogens is 1670 g/mol. The summed E-state index contributed by atoms with van der Waals surface area (Å²) >= 11 is 0. The number of nitrogens with zero attached hydrogens (tertiary/aromatic N) is 12. The van der Waals surface area contributed by atoms with Crippen molar-refractivity contribution in [2.24, 2.45) is 0 Å². The average Bonchev–Trinajstić information content (AvgIpc) is 1.58. The number of fused-ring (bicyclic) bond motifs is 7. The van der Waals surface area contributed by atoms with E-state index in [-0.39, 0.29) is 0 Å². The van der Waals surface area contributed by atoms with Crippen molar-refractivity contribution in [3.8, 4) is 120 Å². The van der Waals surface area contributed by atoms with Crippen LogP contribution in [0, 0.1) is 0 Å². The molecule has 28 rings (SSSR count). The zero-order valence-electron chi connectivity index (χ0n) is 72.8. The van der Waals surface area contributed by atoms with Crippen LogP contribution >= 0.6 is 0 Å². The summed E-state index contributed by atoms with van der Waals surface area (Å²) in [6.07, 6.45) is 0. The summed E-state index contributed by atoms with van der Waals surface area (Å²) in [6, 6.07) is 154. The summed E-state index contributed by atoms with van der Waals surface area (Å²) in [6.45, 7) is 0. The molecule has 15 nitrogen and oxygen atoms in total. The molecule has 0 fully saturated rings. The Morgan fingerprint density at radius 1 is 0.147 bits per heavy atom. The lowest BCUT2D eigenvalue weighted by Crippen LogP contribution is -2.01. The van der Waals surface area contributed by atoms with E-state index in [0.29, 0.717) is 52.4 Å². The van der Waals surface area contributed by atoms with Crippen molar-refractivity contribution in [1.29, 1.82) is 0 Å². The topological polar surface area (TPSA) is 170 Å². The molecule has 0 unspecified atom stereocenters. The lowest BCUT2D eigenvalue weighted by molar-refractivity contribution is 0.663. The van der Waals surface area contributed by atoms with Crippen LogP contribution in [0.4, 0.5) is 0 Å². The van der Waals surface area contributed by atoms with E-state index in [1.165, 1.54) is 32.3 Å². The minimum absolute atomic E-state index is 0.625. The lowest BCUT2D eigenvalue weighted by atomic mass is 10.0. The van der Waals surface area contributed by atoms with E-state index in [0.717, 1.165) is 177 Å². The van der Waals surface area contributed by atoms with Gasteiger partial charge in [0.25, 0.3) is 0 Å². The fraction of sp³-hybridized carbons (Fsp3) is 0. The zero-order chi connectivity index (χ0) is 89.7. The van der Waals surface area contributed by atoms with E-state index < -0.39 is 0 Å². The predicted molar refractivity (Wildman–Crippen MR) is 551 cm³/mol. The highest BCUT2D eigenvalue weighted by molar-refractivity contribution is 6.30. The summed E-state index contributed by atoms with van der Waals surface area (Å²) in [7, 11) is 0. The first-order valence-electron chi connectivity index (χ1n) is 45.3. The van der Waals surface area contributed by atoms with Crippen LogP contribution in [0.3, 0.4) is 0 Å². The summed E-state index contributed by atoms with van der Waals surface area (Å²) < 4.78 is 26.6. The first kappa shape index (κ1) is 78.3. The maximum atomic E-state index is 6.59. The summed E-state index contributed by atoms with van der Waals surface area (Å²) in [5.74, 6) is 5.76. The smallest absolute Gasteiger partial charge is 0.164 e. The molecule has 9 heterocycles. The van der Waals surface area contributed by atoms with Gasteiger partial charge >= 0.3 is 0 Å². The Bertz CT molecular complexity index is 9380. The van der Waals surface area contributed by atoms with Crippen LogP contribution in [0.1, 0.15) is 0 Å². The van der Waals surface area contributed by atoms with Gasteiger partial charge in [-0.2, -0.15) is 0 Å². The van der Waals surface area contributed by atoms with E-state index in [1.807, 2.05) is 218 Å². The van der Waals surface area contributed by atoms with E-state index in [2.05, 4.69) is 244 Å². The third kappa shape index (κ3) is 13.5. The Balaban J connectivity index is 0.000000106. The number of rotatable bonds is 12. The number of para-hydroxylation sites is 3. The molecular formula is C121H74N12O3. The Labute approximate surface area is 777 Å². The highest BCUT2D eigenvalue weighted by Crippen LogP contribution is 2.47. The molecule has 0 aliphatic rings. The van der Waals surface area contributed by atoms with E-state index >= 15 is 0 Å². The normalized spacial score (nSPS) is 11.7. The van der Waals surface area contributed by atoms with E-state index in [4.69, 9.17) is 58.1 Å². The molecule has 15 heteroatoms. The van der Waals surface area contributed by atoms with Crippen molar-refractivity contribution in [1.82, 2.24) is 58.6 Å². The standard InChI is InChI=1S/C43H26N4O.2C39H24N4O/c1-3-13-27(14-4-1)41-44-42(28-15-5-2-6-16-28)46-43(45-41)33-25-26-34(30-18-8-7-17-29(30)33)47-35-21-11-20-32-31-19-9-10-23-37(31)48-38-24-12-22-36(47)40(38)39(32)35;1-3-12-25(13-4-1)37-40-38(26-14-5-2-6-15-26)42-39(41-37)27-16-9-17-28(24-27)43-31-20-10-19-30-29-18-7-8-22-33(29)44-34-23-11-21-32(43)36(34)35(30)31;1-3-11-25(12-4-1)37-40-38(26-13-5-2-6-14-26)42-39(41-37)27-21-23-28(24-22-27)43-31-17-9-16-30-29-15-7-8-19-33(29)44-34-20-10-18-32(43)36(34)35(30)31/h1-26H;2*1-24H. The van der Waals surface area contributed by atoms with Crippen LogP contribution in [-0.4, -0.2) is 58.6 Å². The predicted octanol–water partition coefficient (Wildman–Crippen LogP) is 30.8. The van der Waals surface area contributed by atoms with Crippen LogP contribution in [-0.2, 0) is 0 Å². The fourth-order valence-electron chi connectivity index (χ4n) is 19.7. The number of benzene rings is 19. The molecule has 0 aliphatic carbocycles. The van der Waals surface area contributed by atoms with Crippen molar-refractivity contribution in [3.63, 3.8) is 0 Å². The van der Waals surface area contributed by atoms with Crippen molar-refractivity contribution in [2.45, 2.75) is 0 Å². The minimum atomic E-state index is 0.625. The lowest BCUT2D eigenvalue weighted by Gasteiger charge is -2.15. The van der Waals surface area contributed by atoms with Gasteiger partial charge in [-0.15, -0.1) is 0 Å². The van der Waals surface area contributed by atoms with Gasteiger partial charge in [-0.05, 0) is 143 Å². The summed E-state index contributed by atoms with van der Waals surface area (Å²) in [4.78, 5) is 44.5. The van der Waals surface area contributed by atoms with E-state index in [1.54, 1.807) is 0 Å². The highest BCUT2D eigenvalue weighted by Gasteiger charge is 2.27. The molecule has 0 saturated heterocycles. The Kier molecular flexibility index (Phi) is 18.8. The molecule has 636 valence electrons. The van der Waals surface area contributed by atoms with Gasteiger partial charge < -0.3 is 27.0 Å². The van der Waals surface area contributed by atoms with Gasteiger partial charge in [-0.3, -0.25) is 0 Å². The van der Waals surface area contributed by atoms with Crippen LogP contribution in [0.15, 0.2) is 462 Å².